The lowest BCUT2D eigenvalue weighted by Crippen LogP contribution is -2.28. The van der Waals surface area contributed by atoms with E-state index in [0.29, 0.717) is 35.4 Å². The highest BCUT2D eigenvalue weighted by atomic mass is 19.4. The van der Waals surface area contributed by atoms with Crippen LogP contribution in [0.1, 0.15) is 79.2 Å². The number of carbonyl (C=O) groups is 1. The van der Waals surface area contributed by atoms with Crippen molar-refractivity contribution in [2.45, 2.75) is 77.6 Å². The molecule has 1 fully saturated rings. The molecule has 0 amide bonds. The van der Waals surface area contributed by atoms with E-state index in [-0.39, 0.29) is 30.8 Å². The lowest BCUT2D eigenvalue weighted by atomic mass is 9.87. The van der Waals surface area contributed by atoms with Crippen LogP contribution in [0.5, 0.6) is 0 Å². The fourth-order valence-electron chi connectivity index (χ4n) is 5.50. The first-order chi connectivity index (χ1) is 17.7. The Hall–Kier alpha value is -3.29. The second kappa shape index (κ2) is 11.4. The summed E-state index contributed by atoms with van der Waals surface area (Å²) in [5.74, 6) is -0.675. The standard InChI is InChI=1S/C29H33F3N2O3/c1-2-8-25-26(29(30,31)32)33(18-17-20-9-4-3-5-10-20)28(37)34(25)19-21-13-15-22(16-14-21)23-11-6-7-12-24(23)27(35)36/h6-7,11-16,20H,2-5,8-10,17-19H2,1H3,(H,35,36). The van der Waals surface area contributed by atoms with E-state index < -0.39 is 23.5 Å². The van der Waals surface area contributed by atoms with Crippen molar-refractivity contribution in [3.05, 3.63) is 81.5 Å². The number of carboxylic acids is 1. The summed E-state index contributed by atoms with van der Waals surface area (Å²) in [7, 11) is 0. The molecular formula is C29H33F3N2O3. The van der Waals surface area contributed by atoms with E-state index in [0.717, 1.165) is 30.3 Å². The van der Waals surface area contributed by atoms with Crippen LogP contribution >= 0.6 is 0 Å². The van der Waals surface area contributed by atoms with E-state index in [1.54, 1.807) is 42.5 Å². The van der Waals surface area contributed by atoms with E-state index in [9.17, 15) is 27.9 Å². The van der Waals surface area contributed by atoms with Gasteiger partial charge in [0, 0.05) is 6.54 Å². The molecule has 0 bridgehead atoms. The number of nitrogens with zero attached hydrogens (tertiary/aromatic N) is 2. The van der Waals surface area contributed by atoms with Gasteiger partial charge in [0.15, 0.2) is 0 Å². The zero-order valence-electron chi connectivity index (χ0n) is 21.1. The fourth-order valence-corrected chi connectivity index (χ4v) is 5.50. The molecule has 0 atom stereocenters. The van der Waals surface area contributed by atoms with E-state index in [2.05, 4.69) is 0 Å². The monoisotopic (exact) mass is 514 g/mol. The Morgan fingerprint density at radius 2 is 1.68 bits per heavy atom. The van der Waals surface area contributed by atoms with E-state index in [1.807, 2.05) is 6.92 Å². The molecule has 2 aromatic carbocycles. The minimum Gasteiger partial charge on any atom is -0.478 e. The normalized spacial score (nSPS) is 14.7. The molecule has 1 aliphatic rings. The second-order valence-electron chi connectivity index (χ2n) is 9.90. The Morgan fingerprint density at radius 1 is 1.00 bits per heavy atom. The lowest BCUT2D eigenvalue weighted by Gasteiger charge is -2.22. The molecule has 0 unspecified atom stereocenters. The van der Waals surface area contributed by atoms with Gasteiger partial charge in [-0.15, -0.1) is 0 Å². The number of hydrogen-bond donors (Lipinski definition) is 1. The number of aromatic carboxylic acids is 1. The fraction of sp³-hybridized carbons (Fsp3) is 0.448. The number of rotatable bonds is 9. The molecule has 1 aromatic heterocycles. The molecule has 5 nitrogen and oxygen atoms in total. The van der Waals surface area contributed by atoms with Crippen LogP contribution in [0.25, 0.3) is 11.1 Å². The summed E-state index contributed by atoms with van der Waals surface area (Å²) in [6.07, 6.45) is 1.99. The molecule has 8 heteroatoms. The number of aromatic nitrogens is 2. The average Bonchev–Trinajstić information content (AvgIpc) is 3.14. The van der Waals surface area contributed by atoms with Crippen molar-refractivity contribution in [2.75, 3.05) is 0 Å². The van der Waals surface area contributed by atoms with Crippen LogP contribution in [-0.2, 0) is 25.7 Å². The van der Waals surface area contributed by atoms with Crippen molar-refractivity contribution in [1.29, 1.82) is 0 Å². The number of benzene rings is 2. The van der Waals surface area contributed by atoms with Gasteiger partial charge in [0.1, 0.15) is 5.69 Å². The van der Waals surface area contributed by atoms with E-state index in [1.165, 1.54) is 17.1 Å². The van der Waals surface area contributed by atoms with Crippen molar-refractivity contribution in [1.82, 2.24) is 9.13 Å². The maximum Gasteiger partial charge on any atom is 0.433 e. The van der Waals surface area contributed by atoms with Crippen LogP contribution in [0, 0.1) is 5.92 Å². The molecule has 3 aromatic rings. The van der Waals surface area contributed by atoms with E-state index in [4.69, 9.17) is 0 Å². The third kappa shape index (κ3) is 6.00. The maximum atomic E-state index is 14.3. The third-order valence-electron chi connectivity index (χ3n) is 7.34. The van der Waals surface area contributed by atoms with Gasteiger partial charge in [-0.1, -0.05) is 87.9 Å². The maximum absolute atomic E-state index is 14.3. The third-order valence-corrected chi connectivity index (χ3v) is 7.34. The largest absolute Gasteiger partial charge is 0.478 e. The number of carboxylic acid groups (broad SMARTS) is 1. The highest BCUT2D eigenvalue weighted by Gasteiger charge is 2.40. The molecule has 1 N–H and O–H groups in total. The SMILES string of the molecule is CCCc1c(C(F)(F)F)n(CCC2CCCCC2)c(=O)n1Cc1ccc(-c2ccccc2C(=O)O)cc1. The predicted octanol–water partition coefficient (Wildman–Crippen LogP) is 7.01. The van der Waals surface area contributed by atoms with Crippen LogP contribution in [0.15, 0.2) is 53.3 Å². The van der Waals surface area contributed by atoms with Gasteiger partial charge >= 0.3 is 17.8 Å². The van der Waals surface area contributed by atoms with Crippen LogP contribution < -0.4 is 5.69 Å². The molecule has 0 aliphatic heterocycles. The summed E-state index contributed by atoms with van der Waals surface area (Å²) in [6.45, 7) is 1.91. The number of alkyl halides is 3. The first-order valence-corrected chi connectivity index (χ1v) is 13.0. The summed E-state index contributed by atoms with van der Waals surface area (Å²) in [5.41, 5.74) is 0.677. The van der Waals surface area contributed by atoms with Gasteiger partial charge in [-0.2, -0.15) is 13.2 Å². The Morgan fingerprint density at radius 3 is 2.30 bits per heavy atom. The van der Waals surface area contributed by atoms with E-state index >= 15 is 0 Å². The van der Waals surface area contributed by atoms with Gasteiger partial charge in [0.2, 0.25) is 0 Å². The minimum atomic E-state index is -4.62. The minimum absolute atomic E-state index is 0.0224. The Kier molecular flexibility index (Phi) is 8.25. The first kappa shape index (κ1) is 26.8. The molecule has 198 valence electrons. The average molecular weight is 515 g/mol. The molecule has 37 heavy (non-hydrogen) atoms. The Labute approximate surface area is 214 Å². The van der Waals surface area contributed by atoms with Crippen molar-refractivity contribution in [3.8, 4) is 11.1 Å². The zero-order chi connectivity index (χ0) is 26.6. The van der Waals surface area contributed by atoms with Crippen LogP contribution in [0.3, 0.4) is 0 Å². The van der Waals surface area contributed by atoms with Crippen LogP contribution in [-0.4, -0.2) is 20.2 Å². The molecule has 4 rings (SSSR count). The molecule has 0 radical (unpaired) electrons. The highest BCUT2D eigenvalue weighted by molar-refractivity contribution is 5.95. The van der Waals surface area contributed by atoms with Crippen LogP contribution in [0.4, 0.5) is 13.2 Å². The summed E-state index contributed by atoms with van der Waals surface area (Å²) in [5, 5.41) is 9.48. The number of halogens is 3. The number of imidazole rings is 1. The predicted molar refractivity (Wildman–Crippen MR) is 137 cm³/mol. The summed E-state index contributed by atoms with van der Waals surface area (Å²) in [4.78, 5) is 25.0. The van der Waals surface area contributed by atoms with Crippen molar-refractivity contribution in [2.24, 2.45) is 5.92 Å². The first-order valence-electron chi connectivity index (χ1n) is 13.0. The summed E-state index contributed by atoms with van der Waals surface area (Å²) >= 11 is 0. The highest BCUT2D eigenvalue weighted by Crippen LogP contribution is 2.34. The molecule has 1 aliphatic carbocycles. The zero-order valence-corrected chi connectivity index (χ0v) is 21.1. The second-order valence-corrected chi connectivity index (χ2v) is 9.90. The van der Waals surface area contributed by atoms with Gasteiger partial charge < -0.3 is 5.11 Å². The van der Waals surface area contributed by atoms with Crippen molar-refractivity contribution < 1.29 is 23.1 Å². The van der Waals surface area contributed by atoms with Gasteiger partial charge in [-0.3, -0.25) is 9.13 Å². The van der Waals surface area contributed by atoms with Crippen LogP contribution in [0.2, 0.25) is 0 Å². The Balaban J connectivity index is 1.67. The smallest absolute Gasteiger partial charge is 0.433 e. The molecule has 0 saturated heterocycles. The van der Waals surface area contributed by atoms with Gasteiger partial charge in [0.05, 0.1) is 17.8 Å². The van der Waals surface area contributed by atoms with Crippen molar-refractivity contribution in [3.63, 3.8) is 0 Å². The quantitative estimate of drug-likeness (QED) is 0.334. The van der Waals surface area contributed by atoms with Gasteiger partial charge in [-0.05, 0) is 41.5 Å². The summed E-state index contributed by atoms with van der Waals surface area (Å²) in [6, 6.07) is 13.6. The molecular weight excluding hydrogens is 481 g/mol. The molecule has 0 spiro atoms. The van der Waals surface area contributed by atoms with Gasteiger partial charge in [0.25, 0.3) is 0 Å². The molecule has 1 saturated carbocycles. The Bertz CT molecular complexity index is 1280. The topological polar surface area (TPSA) is 64.2 Å². The molecule has 1 heterocycles. The van der Waals surface area contributed by atoms with Crippen molar-refractivity contribution >= 4 is 5.97 Å². The summed E-state index contributed by atoms with van der Waals surface area (Å²) < 4.78 is 45.0. The lowest BCUT2D eigenvalue weighted by molar-refractivity contribution is -0.144. The van der Waals surface area contributed by atoms with Gasteiger partial charge in [-0.25, -0.2) is 9.59 Å². The number of hydrogen-bond acceptors (Lipinski definition) is 2.